The highest BCUT2D eigenvalue weighted by Crippen LogP contribution is 2.38. The van der Waals surface area contributed by atoms with Crippen LogP contribution in [-0.4, -0.2) is 30.2 Å². The van der Waals surface area contributed by atoms with Crippen LogP contribution in [-0.2, 0) is 0 Å². The molecule has 10 heteroatoms. The predicted molar refractivity (Wildman–Crippen MR) is 141 cm³/mol. The van der Waals surface area contributed by atoms with Gasteiger partial charge in [-0.25, -0.2) is 4.98 Å². The average Bonchev–Trinajstić information content (AvgIpc) is 3.37. The van der Waals surface area contributed by atoms with Gasteiger partial charge in [-0.3, -0.25) is 0 Å². The number of nitriles is 1. The maximum Gasteiger partial charge on any atom is 0.203 e. The Kier molecular flexibility index (Phi) is 6.32. The molecular formula is C28H23ClN8O. The van der Waals surface area contributed by atoms with Crippen molar-refractivity contribution in [3.8, 4) is 34.1 Å². The molecule has 0 saturated heterocycles. The summed E-state index contributed by atoms with van der Waals surface area (Å²) in [6.45, 7) is 0. The Hall–Kier alpha value is -4.55. The third kappa shape index (κ3) is 4.86. The Morgan fingerprint density at radius 2 is 2.05 bits per heavy atom. The number of nitrogens with zero attached hydrogens (tertiary/aromatic N) is 7. The van der Waals surface area contributed by atoms with Gasteiger partial charge in [0.25, 0.3) is 0 Å². The fraction of sp³-hybridized carbons (Fsp3) is 0.214. The molecule has 0 bridgehead atoms. The van der Waals surface area contributed by atoms with Crippen molar-refractivity contribution in [2.24, 2.45) is 5.92 Å². The zero-order chi connectivity index (χ0) is 26.1. The number of benzene rings is 2. The minimum absolute atomic E-state index is 0.201. The molecule has 0 radical (unpaired) electrons. The molecule has 188 valence electrons. The van der Waals surface area contributed by atoms with E-state index in [1.165, 1.54) is 19.2 Å². The van der Waals surface area contributed by atoms with E-state index in [1.54, 1.807) is 35.3 Å². The van der Waals surface area contributed by atoms with Gasteiger partial charge in [-0.05, 0) is 65.6 Å². The number of aromatic nitrogens is 7. The number of pyridine rings is 1. The highest BCUT2D eigenvalue weighted by Gasteiger charge is 2.29. The zero-order valence-corrected chi connectivity index (χ0v) is 21.1. The van der Waals surface area contributed by atoms with Crippen molar-refractivity contribution in [1.29, 1.82) is 5.26 Å². The number of imidazole rings is 1. The van der Waals surface area contributed by atoms with E-state index in [0.717, 1.165) is 40.2 Å². The molecule has 0 unspecified atom stereocenters. The molecule has 1 aliphatic rings. The van der Waals surface area contributed by atoms with Crippen molar-refractivity contribution in [2.45, 2.75) is 31.6 Å². The molecule has 5 aromatic rings. The van der Waals surface area contributed by atoms with E-state index in [-0.39, 0.29) is 5.92 Å². The van der Waals surface area contributed by atoms with Crippen molar-refractivity contribution in [2.75, 3.05) is 0 Å². The van der Waals surface area contributed by atoms with E-state index in [0.29, 0.717) is 33.4 Å². The molecule has 1 atom stereocenters. The Balaban J connectivity index is 1.36. The summed E-state index contributed by atoms with van der Waals surface area (Å²) in [5, 5.41) is 34.7. The van der Waals surface area contributed by atoms with E-state index >= 15 is 0 Å². The molecule has 2 aromatic carbocycles. The Morgan fingerprint density at radius 1 is 1.16 bits per heavy atom. The molecular weight excluding hydrogens is 500 g/mol. The molecule has 9 nitrogen and oxygen atoms in total. The molecule has 0 amide bonds. The van der Waals surface area contributed by atoms with Gasteiger partial charge in [-0.15, -0.1) is 5.10 Å². The molecule has 38 heavy (non-hydrogen) atoms. The first-order chi connectivity index (χ1) is 18.6. The van der Waals surface area contributed by atoms with Gasteiger partial charge in [0.1, 0.15) is 18.1 Å². The molecule has 3 heterocycles. The van der Waals surface area contributed by atoms with Gasteiger partial charge < -0.3 is 10.2 Å². The number of rotatable bonds is 8. The van der Waals surface area contributed by atoms with Gasteiger partial charge in [-0.2, -0.15) is 14.7 Å². The maximum absolute atomic E-state index is 13.5. The summed E-state index contributed by atoms with van der Waals surface area (Å²) in [7, 11) is 0. The monoisotopic (exact) mass is 522 g/mol. The Bertz CT molecular complexity index is 1640. The summed E-state index contributed by atoms with van der Waals surface area (Å²) in [4.78, 5) is 8.09. The highest BCUT2D eigenvalue weighted by molar-refractivity contribution is 6.31. The van der Waals surface area contributed by atoms with Crippen LogP contribution in [0.2, 0.25) is 5.02 Å². The second-order valence-corrected chi connectivity index (χ2v) is 9.97. The van der Waals surface area contributed by atoms with E-state index in [9.17, 15) is 10.5 Å². The van der Waals surface area contributed by atoms with Gasteiger partial charge in [0.05, 0.1) is 29.2 Å². The summed E-state index contributed by atoms with van der Waals surface area (Å²) in [5.41, 5.74) is 5.05. The number of halogens is 1. The van der Waals surface area contributed by atoms with E-state index in [1.807, 2.05) is 36.4 Å². The average molecular weight is 523 g/mol. The van der Waals surface area contributed by atoms with Crippen molar-refractivity contribution in [1.82, 2.24) is 30.2 Å². The SMILES string of the molecule is N#Cc1cccc(-c2cnc([C@H](CCC3CC3)c3ccc(-c4cc(Cl)ccc4-n4cnnn4)c[n+]3[O-])[nH]2)c1. The quantitative estimate of drug-likeness (QED) is 0.221. The Morgan fingerprint density at radius 3 is 2.82 bits per heavy atom. The van der Waals surface area contributed by atoms with Crippen LogP contribution in [0.5, 0.6) is 0 Å². The Labute approximate surface area is 223 Å². The highest BCUT2D eigenvalue weighted by atomic mass is 35.5. The first-order valence-electron chi connectivity index (χ1n) is 12.4. The van der Waals surface area contributed by atoms with Gasteiger partial charge in [0.2, 0.25) is 5.69 Å². The minimum atomic E-state index is -0.201. The summed E-state index contributed by atoms with van der Waals surface area (Å²) >= 11 is 6.30. The number of hydrogen-bond donors (Lipinski definition) is 1. The molecule has 1 fully saturated rings. The summed E-state index contributed by atoms with van der Waals surface area (Å²) in [6, 6.07) is 18.7. The third-order valence-corrected chi connectivity index (χ3v) is 7.19. The lowest BCUT2D eigenvalue weighted by atomic mass is 9.95. The van der Waals surface area contributed by atoms with Crippen molar-refractivity contribution in [3.63, 3.8) is 0 Å². The second kappa shape index (κ2) is 10.1. The molecule has 0 spiro atoms. The lowest BCUT2D eigenvalue weighted by Crippen LogP contribution is -2.34. The molecule has 1 aliphatic carbocycles. The standard InChI is InChI=1S/C28H23ClN8O/c29-22-8-11-26(36-17-32-34-35-36)24(13-22)21-7-10-27(37(38)16-21)23(9-6-18-4-5-18)28-31-15-25(33-28)20-3-1-2-19(12-20)14-30/h1-3,7-8,10-13,15-18,23H,4-6,9H2,(H,31,33)/t23-/m1/s1. The second-order valence-electron chi connectivity index (χ2n) is 9.53. The minimum Gasteiger partial charge on any atom is -0.618 e. The molecule has 1 saturated carbocycles. The first-order valence-corrected chi connectivity index (χ1v) is 12.8. The lowest BCUT2D eigenvalue weighted by molar-refractivity contribution is -0.614. The fourth-order valence-corrected chi connectivity index (χ4v) is 4.95. The summed E-state index contributed by atoms with van der Waals surface area (Å²) in [5.74, 6) is 1.25. The summed E-state index contributed by atoms with van der Waals surface area (Å²) in [6.07, 6.45) is 9.16. The van der Waals surface area contributed by atoms with Crippen LogP contribution in [0.3, 0.4) is 0 Å². The van der Waals surface area contributed by atoms with Crippen LogP contribution in [0.4, 0.5) is 0 Å². The fourth-order valence-electron chi connectivity index (χ4n) is 4.78. The molecule has 6 rings (SSSR count). The van der Waals surface area contributed by atoms with Crippen molar-refractivity contribution >= 4 is 11.6 Å². The number of nitrogens with one attached hydrogen (secondary N) is 1. The normalized spacial score (nSPS) is 13.8. The van der Waals surface area contributed by atoms with Crippen LogP contribution >= 0.6 is 11.6 Å². The number of tetrazole rings is 1. The van der Waals surface area contributed by atoms with Gasteiger partial charge in [0.15, 0.2) is 6.20 Å². The van der Waals surface area contributed by atoms with Gasteiger partial charge in [0, 0.05) is 27.8 Å². The van der Waals surface area contributed by atoms with Crippen LogP contribution in [0.25, 0.3) is 28.1 Å². The molecule has 3 aromatic heterocycles. The van der Waals surface area contributed by atoms with Crippen LogP contribution in [0, 0.1) is 22.5 Å². The third-order valence-electron chi connectivity index (χ3n) is 6.96. The molecule has 1 N–H and O–H groups in total. The topological polar surface area (TPSA) is 123 Å². The first kappa shape index (κ1) is 23.8. The lowest BCUT2D eigenvalue weighted by Gasteiger charge is -2.16. The van der Waals surface area contributed by atoms with E-state index in [2.05, 4.69) is 31.6 Å². The van der Waals surface area contributed by atoms with Crippen LogP contribution in [0.1, 0.15) is 48.7 Å². The van der Waals surface area contributed by atoms with Crippen LogP contribution in [0.15, 0.2) is 73.3 Å². The predicted octanol–water partition coefficient (Wildman–Crippen LogP) is 5.20. The van der Waals surface area contributed by atoms with Crippen molar-refractivity contribution in [3.05, 3.63) is 101 Å². The molecule has 0 aliphatic heterocycles. The number of hydrogen-bond acceptors (Lipinski definition) is 6. The largest absolute Gasteiger partial charge is 0.618 e. The smallest absolute Gasteiger partial charge is 0.203 e. The van der Waals surface area contributed by atoms with Gasteiger partial charge >= 0.3 is 0 Å². The van der Waals surface area contributed by atoms with Crippen LogP contribution < -0.4 is 4.73 Å². The van der Waals surface area contributed by atoms with Crippen molar-refractivity contribution < 1.29 is 4.73 Å². The van der Waals surface area contributed by atoms with E-state index < -0.39 is 0 Å². The van der Waals surface area contributed by atoms with E-state index in [4.69, 9.17) is 11.6 Å². The van der Waals surface area contributed by atoms with Gasteiger partial charge in [-0.1, -0.05) is 36.6 Å². The number of H-pyrrole nitrogens is 1. The number of aromatic amines is 1. The summed E-state index contributed by atoms with van der Waals surface area (Å²) < 4.78 is 2.47. The zero-order valence-electron chi connectivity index (χ0n) is 20.3. The maximum atomic E-state index is 13.5.